The van der Waals surface area contributed by atoms with Crippen LogP contribution >= 0.6 is 0 Å². The van der Waals surface area contributed by atoms with E-state index in [-0.39, 0.29) is 6.71 Å². The summed E-state index contributed by atoms with van der Waals surface area (Å²) in [5.74, 6) is 0. The van der Waals surface area contributed by atoms with Gasteiger partial charge in [0.05, 0.1) is 17.1 Å². The van der Waals surface area contributed by atoms with Gasteiger partial charge in [-0.1, -0.05) is 267 Å². The van der Waals surface area contributed by atoms with Crippen molar-refractivity contribution in [1.82, 2.24) is 0 Å². The number of nitrogens with zero attached hydrogens (tertiary/aromatic N) is 3. The molecule has 0 unspecified atom stereocenters. The summed E-state index contributed by atoms with van der Waals surface area (Å²) in [6.45, 7) is -0.299. The molecule has 23 rings (SSSR count). The molecule has 0 amide bonds. The third kappa shape index (κ3) is 8.70. The van der Waals surface area contributed by atoms with Gasteiger partial charge in [0.2, 0.25) is 0 Å². The number of hydrogen-bond donors (Lipinski definition) is 0. The summed E-state index contributed by atoms with van der Waals surface area (Å²) in [5.41, 5.74) is 27.7. The summed E-state index contributed by atoms with van der Waals surface area (Å²) in [4.78, 5) is 7.63. The van der Waals surface area contributed by atoms with Gasteiger partial charge in [-0.3, -0.25) is 0 Å². The van der Waals surface area contributed by atoms with Crippen LogP contribution in [0.5, 0.6) is 0 Å². The van der Waals surface area contributed by atoms with Crippen LogP contribution in [0.15, 0.2) is 370 Å². The minimum Gasteiger partial charge on any atom is -0.455 e. The standard InChI is InChI=1S/C98H58BN3O4/c1-3-29-68-59(21-1)23-15-43-84(68)102(85-44-16-24-60-22-2-4-30-69(60)85)67-57-88-94-89(58-67)101(66-28-14-26-62(54-66)71-36-18-40-79-75-32-6-10-46-91(75)104-96(71)79)87-56-64(73-38-20-42-81-77-34-8-12-48-93(77)106-98(73)81)50-52-83(87)99(94)82-51-49-63(72-37-19-41-80-76-33-7-11-47-92(76)105-97(72)80)55-86(82)100(88)65-27-13-25-61(53-65)70-35-17-39-78-74-31-5-9-45-90(74)103-95(70)78/h1-58H. The Morgan fingerprint density at radius 1 is 0.236 bits per heavy atom. The highest BCUT2D eigenvalue weighted by molar-refractivity contribution is 7.00. The van der Waals surface area contributed by atoms with Crippen molar-refractivity contribution in [3.05, 3.63) is 352 Å². The zero-order valence-corrected chi connectivity index (χ0v) is 57.0. The molecule has 0 saturated carbocycles. The van der Waals surface area contributed by atoms with Gasteiger partial charge in [0.1, 0.15) is 44.7 Å². The van der Waals surface area contributed by atoms with E-state index in [2.05, 4.69) is 354 Å². The fraction of sp³-hybridized carbons (Fsp3) is 0. The Bertz CT molecular complexity index is 6860. The van der Waals surface area contributed by atoms with E-state index in [0.29, 0.717) is 0 Å². The van der Waals surface area contributed by atoms with Gasteiger partial charge in [-0.05, 0) is 134 Å². The van der Waals surface area contributed by atoms with Crippen molar-refractivity contribution in [1.29, 1.82) is 0 Å². The molecule has 0 saturated heterocycles. The van der Waals surface area contributed by atoms with Gasteiger partial charge in [-0.2, -0.15) is 0 Å². The predicted molar refractivity (Wildman–Crippen MR) is 441 cm³/mol. The van der Waals surface area contributed by atoms with E-state index >= 15 is 0 Å². The van der Waals surface area contributed by atoms with Gasteiger partial charge < -0.3 is 32.4 Å². The summed E-state index contributed by atoms with van der Waals surface area (Å²) in [6, 6.07) is 128. The van der Waals surface area contributed by atoms with Gasteiger partial charge >= 0.3 is 0 Å². The molecule has 17 aromatic carbocycles. The second kappa shape index (κ2) is 22.7. The van der Waals surface area contributed by atoms with Gasteiger partial charge in [0, 0.05) is 110 Å². The molecule has 0 spiro atoms. The van der Waals surface area contributed by atoms with Crippen molar-refractivity contribution < 1.29 is 17.7 Å². The Hall–Kier alpha value is -14.1. The highest BCUT2D eigenvalue weighted by Crippen LogP contribution is 2.53. The van der Waals surface area contributed by atoms with Gasteiger partial charge in [-0.15, -0.1) is 0 Å². The largest absolute Gasteiger partial charge is 0.455 e. The summed E-state index contributed by atoms with van der Waals surface area (Å²) >= 11 is 0. The summed E-state index contributed by atoms with van der Waals surface area (Å²) in [5, 5.41) is 13.2. The van der Waals surface area contributed by atoms with Crippen molar-refractivity contribution in [2.24, 2.45) is 0 Å². The highest BCUT2D eigenvalue weighted by atomic mass is 16.3. The molecule has 106 heavy (non-hydrogen) atoms. The van der Waals surface area contributed by atoms with E-state index in [1.54, 1.807) is 0 Å². The number of furan rings is 4. The first kappa shape index (κ1) is 58.6. The lowest BCUT2D eigenvalue weighted by molar-refractivity contribution is 0.669. The van der Waals surface area contributed by atoms with E-state index in [9.17, 15) is 0 Å². The fourth-order valence-corrected chi connectivity index (χ4v) is 17.7. The number of rotatable bonds is 9. The third-order valence-electron chi connectivity index (χ3n) is 22.4. The Morgan fingerprint density at radius 2 is 0.547 bits per heavy atom. The van der Waals surface area contributed by atoms with Crippen LogP contribution in [0.3, 0.4) is 0 Å². The molecule has 0 radical (unpaired) electrons. The van der Waals surface area contributed by atoms with E-state index in [0.717, 1.165) is 221 Å². The van der Waals surface area contributed by atoms with Crippen LogP contribution in [0, 0.1) is 0 Å². The lowest BCUT2D eigenvalue weighted by Crippen LogP contribution is -2.61. The number of benzene rings is 17. The van der Waals surface area contributed by atoms with Crippen LogP contribution in [-0.2, 0) is 0 Å². The van der Waals surface area contributed by atoms with Crippen LogP contribution in [-0.4, -0.2) is 6.71 Å². The minimum absolute atomic E-state index is 0.299. The lowest BCUT2D eigenvalue weighted by atomic mass is 9.33. The molecule has 4 aromatic heterocycles. The van der Waals surface area contributed by atoms with Crippen molar-refractivity contribution >= 4 is 184 Å². The summed E-state index contributed by atoms with van der Waals surface area (Å²) in [6.07, 6.45) is 0. The third-order valence-corrected chi connectivity index (χ3v) is 22.4. The van der Waals surface area contributed by atoms with Crippen LogP contribution in [0.1, 0.15) is 0 Å². The van der Waals surface area contributed by atoms with Crippen LogP contribution in [0.2, 0.25) is 0 Å². The maximum atomic E-state index is 6.94. The number of hydrogen-bond acceptors (Lipinski definition) is 7. The van der Waals surface area contributed by atoms with Crippen molar-refractivity contribution in [3.63, 3.8) is 0 Å². The van der Waals surface area contributed by atoms with Crippen LogP contribution in [0.4, 0.5) is 51.2 Å². The average Bonchev–Trinajstić information content (AvgIpc) is 1.03. The van der Waals surface area contributed by atoms with Crippen LogP contribution < -0.4 is 31.1 Å². The normalized spacial score (nSPS) is 12.7. The van der Waals surface area contributed by atoms with E-state index in [1.165, 1.54) is 0 Å². The molecule has 2 aliphatic heterocycles. The first-order valence-corrected chi connectivity index (χ1v) is 36.2. The van der Waals surface area contributed by atoms with Crippen molar-refractivity contribution in [2.45, 2.75) is 0 Å². The van der Waals surface area contributed by atoms with Crippen molar-refractivity contribution in [2.75, 3.05) is 14.7 Å². The van der Waals surface area contributed by atoms with E-state index in [1.807, 2.05) is 12.1 Å². The maximum Gasteiger partial charge on any atom is 0.252 e. The van der Waals surface area contributed by atoms with Gasteiger partial charge in [-0.25, -0.2) is 0 Å². The quantitative estimate of drug-likeness (QED) is 0.133. The second-order valence-electron chi connectivity index (χ2n) is 28.1. The van der Waals surface area contributed by atoms with Gasteiger partial charge in [0.25, 0.3) is 6.71 Å². The molecule has 8 heteroatoms. The number of anilines is 9. The highest BCUT2D eigenvalue weighted by Gasteiger charge is 2.45. The monoisotopic (exact) mass is 1350 g/mol. The second-order valence-corrected chi connectivity index (χ2v) is 28.1. The Balaban J connectivity index is 0.852. The Labute approximate surface area is 608 Å². The molecule has 0 N–H and O–H groups in total. The molecule has 6 heterocycles. The molecule has 0 aliphatic carbocycles. The first-order valence-electron chi connectivity index (χ1n) is 36.2. The Morgan fingerprint density at radius 3 is 0.934 bits per heavy atom. The van der Waals surface area contributed by atoms with Gasteiger partial charge in [0.15, 0.2) is 0 Å². The minimum atomic E-state index is -0.299. The number of fused-ring (bicyclic) bond motifs is 18. The zero-order valence-electron chi connectivity index (χ0n) is 57.0. The fourth-order valence-electron chi connectivity index (χ4n) is 17.7. The summed E-state index contributed by atoms with van der Waals surface area (Å²) < 4.78 is 27.7. The molecule has 0 bridgehead atoms. The molecular weight excluding hydrogens is 1290 g/mol. The Kier molecular flexibility index (Phi) is 12.5. The zero-order chi connectivity index (χ0) is 69.2. The molecule has 0 atom stereocenters. The summed E-state index contributed by atoms with van der Waals surface area (Å²) in [7, 11) is 0. The molecule has 2 aliphatic rings. The number of para-hydroxylation sites is 8. The maximum absolute atomic E-state index is 6.94. The molecule has 7 nitrogen and oxygen atoms in total. The first-order chi connectivity index (χ1) is 52.6. The van der Waals surface area contributed by atoms with E-state index < -0.39 is 0 Å². The van der Waals surface area contributed by atoms with Crippen molar-refractivity contribution in [3.8, 4) is 44.5 Å². The molecular formula is C98H58BN3O4. The SMILES string of the molecule is c1cc(-c2cccc3c2oc2ccccc23)cc(N2c3cc(-c4cccc5c4oc4ccccc45)ccc3B3c4ccc(-c5cccc6c5oc5ccccc56)cc4N(c4cccc(-c5cccc6c5oc5ccccc56)c4)c4cc(N(c5cccc6ccccc56)c5cccc6ccccc56)cc2c43)c1. The predicted octanol–water partition coefficient (Wildman–Crippen LogP) is 25.8. The smallest absolute Gasteiger partial charge is 0.252 e. The van der Waals surface area contributed by atoms with Crippen LogP contribution in [0.25, 0.3) is 154 Å². The average molecular weight is 1350 g/mol. The molecule has 492 valence electrons. The molecule has 0 fully saturated rings. The van der Waals surface area contributed by atoms with E-state index in [4.69, 9.17) is 17.7 Å². The molecule has 21 aromatic rings. The lowest BCUT2D eigenvalue weighted by Gasteiger charge is -2.45. The topological polar surface area (TPSA) is 62.3 Å².